The van der Waals surface area contributed by atoms with Gasteiger partial charge in [0.1, 0.15) is 25.1 Å². The van der Waals surface area contributed by atoms with Crippen LogP contribution in [0.3, 0.4) is 0 Å². The summed E-state index contributed by atoms with van der Waals surface area (Å²) in [5.41, 5.74) is 0.412. The van der Waals surface area contributed by atoms with Crippen LogP contribution in [0.4, 0.5) is 5.69 Å². The number of β-lactam (4-membered cyclic amide) rings is 1. The van der Waals surface area contributed by atoms with Crippen LogP contribution >= 0.6 is 35.1 Å². The quantitative estimate of drug-likeness (QED) is 0.125. The highest BCUT2D eigenvalue weighted by Crippen LogP contribution is 2.41. The van der Waals surface area contributed by atoms with Gasteiger partial charge in [-0.1, -0.05) is 5.16 Å². The molecular weight excluding hydrogens is 536 g/mol. The number of hydrogen-bond donors (Lipinski definition) is 1. The number of oxime groups is 1. The number of nitro benzene ring substituents is 1. The van der Waals surface area contributed by atoms with Gasteiger partial charge in [-0.25, -0.2) is 0 Å². The number of esters is 1. The monoisotopic (exact) mass is 556 g/mol. The SMILES string of the molecule is CON=C(C(=O)NC1C(=O)N2CC(Cl)(C(=O)OCc3ccc([N+](=O)[O-])cc3)CS[C@H]12)C1=CSCCO1. The molecule has 2 unspecified atom stereocenters. The minimum Gasteiger partial charge on any atom is -0.490 e. The zero-order valence-electron chi connectivity index (χ0n) is 18.9. The average molecular weight is 557 g/mol. The number of non-ortho nitro benzene ring substituents is 1. The molecule has 1 aromatic carbocycles. The van der Waals surface area contributed by atoms with Crippen molar-refractivity contribution in [2.75, 3.05) is 31.8 Å². The summed E-state index contributed by atoms with van der Waals surface area (Å²) in [6.07, 6.45) is 0. The number of nitrogens with one attached hydrogen (secondary N) is 1. The lowest BCUT2D eigenvalue weighted by atomic mass is 10.0. The van der Waals surface area contributed by atoms with Crippen LogP contribution in [0.5, 0.6) is 0 Å². The lowest BCUT2D eigenvalue weighted by molar-refractivity contribution is -0.384. The fourth-order valence-corrected chi connectivity index (χ4v) is 6.03. The lowest BCUT2D eigenvalue weighted by Crippen LogP contribution is -2.74. The van der Waals surface area contributed by atoms with Gasteiger partial charge in [0.2, 0.25) is 11.6 Å². The number of amides is 2. The van der Waals surface area contributed by atoms with Crippen LogP contribution in [0.1, 0.15) is 5.56 Å². The number of nitro groups is 1. The second kappa shape index (κ2) is 11.0. The van der Waals surface area contributed by atoms with Crippen molar-refractivity contribution in [3.8, 4) is 0 Å². The number of fused-ring (bicyclic) bond motifs is 1. The Morgan fingerprint density at radius 1 is 1.39 bits per heavy atom. The largest absolute Gasteiger partial charge is 0.490 e. The summed E-state index contributed by atoms with van der Waals surface area (Å²) in [5.74, 6) is -0.550. The molecule has 2 fully saturated rings. The van der Waals surface area contributed by atoms with Gasteiger partial charge in [0.15, 0.2) is 10.6 Å². The minimum absolute atomic E-state index is 0.0710. The van der Waals surface area contributed by atoms with Crippen LogP contribution in [0.2, 0.25) is 0 Å². The number of carbonyl (C=O) groups excluding carboxylic acids is 3. The van der Waals surface area contributed by atoms with Crippen molar-refractivity contribution in [2.24, 2.45) is 5.16 Å². The molecule has 0 aliphatic carbocycles. The summed E-state index contributed by atoms with van der Waals surface area (Å²) in [7, 11) is 1.30. The molecule has 3 atom stereocenters. The van der Waals surface area contributed by atoms with Crippen molar-refractivity contribution < 1.29 is 33.6 Å². The molecule has 192 valence electrons. The summed E-state index contributed by atoms with van der Waals surface area (Å²) < 4.78 is 10.8. The molecule has 12 nitrogen and oxygen atoms in total. The average Bonchev–Trinajstić information content (AvgIpc) is 2.89. The molecular formula is C21H21ClN4O8S2. The molecule has 0 aromatic heterocycles. The number of hydrogen-bond acceptors (Lipinski definition) is 11. The van der Waals surface area contributed by atoms with Crippen molar-refractivity contribution in [2.45, 2.75) is 22.9 Å². The second-order valence-corrected chi connectivity index (χ2v) is 10.7. The van der Waals surface area contributed by atoms with E-state index in [1.165, 1.54) is 59.8 Å². The Labute approximate surface area is 218 Å². The first-order valence-corrected chi connectivity index (χ1v) is 13.1. The van der Waals surface area contributed by atoms with Crippen molar-refractivity contribution in [3.63, 3.8) is 0 Å². The van der Waals surface area contributed by atoms with E-state index in [1.807, 2.05) is 0 Å². The molecule has 36 heavy (non-hydrogen) atoms. The molecule has 4 rings (SSSR count). The van der Waals surface area contributed by atoms with E-state index in [1.54, 1.807) is 5.41 Å². The van der Waals surface area contributed by atoms with Gasteiger partial charge in [-0.2, -0.15) is 0 Å². The summed E-state index contributed by atoms with van der Waals surface area (Å²) in [5, 5.41) is 18.4. The van der Waals surface area contributed by atoms with Crippen molar-refractivity contribution >= 4 is 64.3 Å². The van der Waals surface area contributed by atoms with E-state index in [0.29, 0.717) is 12.2 Å². The van der Waals surface area contributed by atoms with Gasteiger partial charge in [-0.05, 0) is 17.7 Å². The highest BCUT2D eigenvalue weighted by Gasteiger charge is 2.57. The van der Waals surface area contributed by atoms with Crippen molar-refractivity contribution in [1.29, 1.82) is 0 Å². The fraction of sp³-hybridized carbons (Fsp3) is 0.429. The number of thioether (sulfide) groups is 2. The standard InChI is InChI=1S/C21H21ClN4O8S2/c1-32-24-15(14-9-35-7-6-33-14)17(27)23-16-18(28)25-10-21(22,11-36-19(16)25)20(29)34-8-12-2-4-13(5-3-12)26(30)31/h2-5,9,16,19H,6-8,10-11H2,1H3,(H,23,27)/t16?,19-,21?/m1/s1. The summed E-state index contributed by atoms with van der Waals surface area (Å²) in [6.45, 7) is 0.212. The van der Waals surface area contributed by atoms with Crippen LogP contribution in [0.25, 0.3) is 0 Å². The predicted octanol–water partition coefficient (Wildman–Crippen LogP) is 1.62. The zero-order valence-corrected chi connectivity index (χ0v) is 21.3. The maximum atomic E-state index is 12.8. The van der Waals surface area contributed by atoms with Gasteiger partial charge in [-0.3, -0.25) is 24.5 Å². The maximum Gasteiger partial charge on any atom is 0.330 e. The van der Waals surface area contributed by atoms with Gasteiger partial charge < -0.3 is 24.5 Å². The third-order valence-electron chi connectivity index (χ3n) is 5.49. The van der Waals surface area contributed by atoms with Crippen molar-refractivity contribution in [3.05, 3.63) is 51.1 Å². The fourth-order valence-electron chi connectivity index (χ4n) is 3.65. The van der Waals surface area contributed by atoms with Crippen LogP contribution < -0.4 is 5.32 Å². The minimum atomic E-state index is -1.47. The van der Waals surface area contributed by atoms with Crippen LogP contribution in [0, 0.1) is 10.1 Å². The van der Waals surface area contributed by atoms with E-state index < -0.39 is 39.0 Å². The Balaban J connectivity index is 1.33. The lowest BCUT2D eigenvalue weighted by Gasteiger charge is -2.52. The highest BCUT2D eigenvalue weighted by atomic mass is 35.5. The Morgan fingerprint density at radius 2 is 2.14 bits per heavy atom. The molecule has 2 amide bonds. The number of nitrogens with zero attached hydrogens (tertiary/aromatic N) is 3. The first-order valence-electron chi connectivity index (χ1n) is 10.6. The van der Waals surface area contributed by atoms with Gasteiger partial charge in [0.25, 0.3) is 11.6 Å². The Morgan fingerprint density at radius 3 is 2.78 bits per heavy atom. The van der Waals surface area contributed by atoms with Crippen LogP contribution in [-0.2, 0) is 35.3 Å². The molecule has 0 saturated carbocycles. The molecule has 3 heterocycles. The van der Waals surface area contributed by atoms with Gasteiger partial charge >= 0.3 is 5.97 Å². The second-order valence-electron chi connectivity index (χ2n) is 7.91. The highest BCUT2D eigenvalue weighted by molar-refractivity contribution is 8.02. The Kier molecular flexibility index (Phi) is 7.95. The molecule has 0 radical (unpaired) electrons. The number of rotatable bonds is 8. The molecule has 2 saturated heterocycles. The van der Waals surface area contributed by atoms with Gasteiger partial charge in [0.05, 0.1) is 18.1 Å². The van der Waals surface area contributed by atoms with E-state index in [4.69, 9.17) is 25.9 Å². The summed E-state index contributed by atoms with van der Waals surface area (Å²) in [4.78, 5) is 53.2. The molecule has 1 aromatic rings. The zero-order chi connectivity index (χ0) is 25.9. The third-order valence-corrected chi connectivity index (χ3v) is 8.37. The Bertz CT molecular complexity index is 1130. The topological polar surface area (TPSA) is 150 Å². The van der Waals surface area contributed by atoms with E-state index in [9.17, 15) is 24.5 Å². The first kappa shape index (κ1) is 26.1. The predicted molar refractivity (Wildman–Crippen MR) is 132 cm³/mol. The molecule has 3 aliphatic rings. The molecule has 0 bridgehead atoms. The summed E-state index contributed by atoms with van der Waals surface area (Å²) >= 11 is 9.26. The number of halogens is 1. The molecule has 15 heteroatoms. The maximum absolute atomic E-state index is 12.8. The normalized spacial score (nSPS) is 25.5. The van der Waals surface area contributed by atoms with Crippen LogP contribution in [-0.4, -0.2) is 81.4 Å². The molecule has 3 aliphatic heterocycles. The van der Waals surface area contributed by atoms with Crippen molar-refractivity contribution in [1.82, 2.24) is 10.2 Å². The number of alkyl halides is 1. The summed E-state index contributed by atoms with van der Waals surface area (Å²) in [6, 6.07) is 4.77. The smallest absolute Gasteiger partial charge is 0.330 e. The van der Waals surface area contributed by atoms with E-state index in [-0.39, 0.29) is 36.1 Å². The van der Waals surface area contributed by atoms with Gasteiger partial charge in [0, 0.05) is 29.0 Å². The van der Waals surface area contributed by atoms with Crippen LogP contribution in [0.15, 0.2) is 40.6 Å². The van der Waals surface area contributed by atoms with E-state index >= 15 is 0 Å². The first-order chi connectivity index (χ1) is 17.2. The van der Waals surface area contributed by atoms with E-state index in [2.05, 4.69) is 10.5 Å². The number of carbonyl (C=O) groups is 3. The van der Waals surface area contributed by atoms with E-state index in [0.717, 1.165) is 5.75 Å². The molecule has 0 spiro atoms. The Hall–Kier alpha value is -2.97. The number of benzene rings is 1. The van der Waals surface area contributed by atoms with Gasteiger partial charge in [-0.15, -0.1) is 35.1 Å². The number of ether oxygens (including phenoxy) is 2. The third kappa shape index (κ3) is 5.39. The molecule has 1 N–H and O–H groups in total.